The first-order valence-corrected chi connectivity index (χ1v) is 13.7. The van der Waals surface area contributed by atoms with Crippen molar-refractivity contribution in [2.45, 2.75) is 63.9 Å². The minimum Gasteiger partial charge on any atom is -0.494 e. The molecule has 36 heavy (non-hydrogen) atoms. The highest BCUT2D eigenvalue weighted by molar-refractivity contribution is 7.98. The molecule has 0 saturated heterocycles. The summed E-state index contributed by atoms with van der Waals surface area (Å²) >= 11 is 1.61. The maximum atomic E-state index is 13.4. The summed E-state index contributed by atoms with van der Waals surface area (Å²) in [5.74, 6) is 3.10. The Labute approximate surface area is 217 Å². The molecular weight excluding hydrogens is 468 g/mol. The lowest BCUT2D eigenvalue weighted by atomic mass is 9.73. The van der Waals surface area contributed by atoms with Crippen molar-refractivity contribution in [1.82, 2.24) is 14.8 Å². The molecule has 1 unspecified atom stereocenters. The van der Waals surface area contributed by atoms with Crippen molar-refractivity contribution in [3.63, 3.8) is 0 Å². The average molecular weight is 503 g/mol. The summed E-state index contributed by atoms with van der Waals surface area (Å²) in [6, 6.07) is 18.1. The number of nitrogens with one attached hydrogen (secondary N) is 1. The molecule has 3 aromatic rings. The minimum atomic E-state index is -0.303. The number of nitrogens with zero attached hydrogens (tertiary/aromatic N) is 3. The molecule has 0 spiro atoms. The first-order chi connectivity index (χ1) is 17.3. The van der Waals surface area contributed by atoms with E-state index in [-0.39, 0.29) is 17.2 Å². The van der Waals surface area contributed by atoms with Crippen LogP contribution in [-0.2, 0) is 10.5 Å². The highest BCUT2D eigenvalue weighted by Crippen LogP contribution is 2.45. The van der Waals surface area contributed by atoms with Gasteiger partial charge in [0.25, 0.3) is 0 Å². The molecule has 0 amide bonds. The molecule has 2 heterocycles. The van der Waals surface area contributed by atoms with Gasteiger partial charge in [-0.1, -0.05) is 81.9 Å². The number of ether oxygens (including phenoxy) is 1. The van der Waals surface area contributed by atoms with Crippen LogP contribution in [0.15, 0.2) is 71.0 Å². The highest BCUT2D eigenvalue weighted by atomic mass is 32.2. The van der Waals surface area contributed by atoms with Gasteiger partial charge in [0.15, 0.2) is 5.78 Å². The summed E-state index contributed by atoms with van der Waals surface area (Å²) < 4.78 is 7.82. The Morgan fingerprint density at radius 2 is 1.86 bits per heavy atom. The fraction of sp³-hybridized carbons (Fsp3) is 0.414. The number of aromatic nitrogens is 3. The van der Waals surface area contributed by atoms with E-state index in [1.54, 1.807) is 11.8 Å². The molecule has 0 bridgehead atoms. The third kappa shape index (κ3) is 5.36. The van der Waals surface area contributed by atoms with Crippen molar-refractivity contribution >= 4 is 23.5 Å². The number of rotatable bonds is 8. The average Bonchev–Trinajstić information content (AvgIpc) is 3.24. The van der Waals surface area contributed by atoms with Gasteiger partial charge < -0.3 is 10.1 Å². The molecule has 6 nitrogen and oxygen atoms in total. The Bertz CT molecular complexity index is 1260. The summed E-state index contributed by atoms with van der Waals surface area (Å²) in [5.41, 5.74) is 3.92. The Hall–Kier alpha value is -3.06. The van der Waals surface area contributed by atoms with Crippen LogP contribution in [0.25, 0.3) is 0 Å². The fourth-order valence-electron chi connectivity index (χ4n) is 4.84. The van der Waals surface area contributed by atoms with Crippen molar-refractivity contribution in [1.29, 1.82) is 0 Å². The zero-order valence-electron chi connectivity index (χ0n) is 21.5. The Kier molecular flexibility index (Phi) is 6.93. The van der Waals surface area contributed by atoms with Gasteiger partial charge in [0.2, 0.25) is 11.1 Å². The molecule has 0 saturated carbocycles. The standard InChI is InChI=1S/C29H34N4O2S/c1-19(2)14-15-35-22-12-10-21(11-13-22)26-25-23(16-29(3,4)17-24(25)34)30-27-31-28(32-33(26)27)36-18-20-8-6-5-7-9-20/h5-13,19,26H,14-18H2,1-4H3,(H,30,31,32). The summed E-state index contributed by atoms with van der Waals surface area (Å²) in [7, 11) is 0. The molecule has 1 atom stereocenters. The molecule has 0 fully saturated rings. The lowest BCUT2D eigenvalue weighted by Crippen LogP contribution is -2.36. The van der Waals surface area contributed by atoms with E-state index in [9.17, 15) is 4.79 Å². The van der Waals surface area contributed by atoms with Crippen molar-refractivity contribution < 1.29 is 9.53 Å². The van der Waals surface area contributed by atoms with Crippen molar-refractivity contribution in [3.05, 3.63) is 77.0 Å². The molecule has 5 rings (SSSR count). The number of carbonyl (C=O) groups excluding carboxylic acids is 1. The van der Waals surface area contributed by atoms with E-state index < -0.39 is 0 Å². The van der Waals surface area contributed by atoms with Crippen LogP contribution < -0.4 is 10.1 Å². The monoisotopic (exact) mass is 502 g/mol. The van der Waals surface area contributed by atoms with Crippen LogP contribution in [0.1, 0.15) is 64.1 Å². The summed E-state index contributed by atoms with van der Waals surface area (Å²) in [4.78, 5) is 18.3. The van der Waals surface area contributed by atoms with Gasteiger partial charge in [-0.3, -0.25) is 4.79 Å². The van der Waals surface area contributed by atoms with E-state index in [0.29, 0.717) is 30.1 Å². The van der Waals surface area contributed by atoms with Gasteiger partial charge in [-0.15, -0.1) is 5.10 Å². The Balaban J connectivity index is 1.45. The van der Waals surface area contributed by atoms with Gasteiger partial charge in [-0.25, -0.2) is 4.68 Å². The largest absolute Gasteiger partial charge is 0.494 e. The second kappa shape index (κ2) is 10.1. The van der Waals surface area contributed by atoms with Crippen LogP contribution in [0.4, 0.5) is 5.95 Å². The van der Waals surface area contributed by atoms with Gasteiger partial charge in [0.1, 0.15) is 11.8 Å². The van der Waals surface area contributed by atoms with E-state index in [4.69, 9.17) is 14.8 Å². The number of hydrogen-bond acceptors (Lipinski definition) is 6. The van der Waals surface area contributed by atoms with E-state index in [1.165, 1.54) is 5.56 Å². The van der Waals surface area contributed by atoms with Gasteiger partial charge in [-0.05, 0) is 47.4 Å². The number of allylic oxidation sites excluding steroid dienone is 2. The number of anilines is 1. The topological polar surface area (TPSA) is 69.0 Å². The zero-order valence-corrected chi connectivity index (χ0v) is 22.3. The zero-order chi connectivity index (χ0) is 25.3. The number of ketones is 1. The molecule has 7 heteroatoms. The van der Waals surface area contributed by atoms with Crippen molar-refractivity contribution in [2.75, 3.05) is 11.9 Å². The summed E-state index contributed by atoms with van der Waals surface area (Å²) in [5, 5.41) is 9.03. The number of thioether (sulfide) groups is 1. The van der Waals surface area contributed by atoms with Crippen LogP contribution in [0.5, 0.6) is 5.75 Å². The first-order valence-electron chi connectivity index (χ1n) is 12.7. The first kappa shape index (κ1) is 24.6. The van der Waals surface area contributed by atoms with Crippen LogP contribution in [0.3, 0.4) is 0 Å². The molecule has 1 aliphatic heterocycles. The van der Waals surface area contributed by atoms with Crippen molar-refractivity contribution in [2.24, 2.45) is 11.3 Å². The van der Waals surface area contributed by atoms with Gasteiger partial charge in [-0.2, -0.15) is 4.98 Å². The third-order valence-electron chi connectivity index (χ3n) is 6.68. The second-order valence-corrected chi connectivity index (χ2v) is 11.8. The van der Waals surface area contributed by atoms with E-state index in [0.717, 1.165) is 41.2 Å². The van der Waals surface area contributed by atoms with Gasteiger partial charge in [0, 0.05) is 23.4 Å². The van der Waals surface area contributed by atoms with E-state index >= 15 is 0 Å². The molecule has 1 aromatic heterocycles. The van der Waals surface area contributed by atoms with Crippen LogP contribution in [-0.4, -0.2) is 27.2 Å². The summed E-state index contributed by atoms with van der Waals surface area (Å²) in [6.07, 6.45) is 2.35. The Morgan fingerprint density at radius 1 is 1.11 bits per heavy atom. The molecule has 2 aliphatic rings. The molecule has 2 aromatic carbocycles. The smallest absolute Gasteiger partial charge is 0.227 e. The number of hydrogen-bond donors (Lipinski definition) is 1. The highest BCUT2D eigenvalue weighted by Gasteiger charge is 2.41. The molecule has 1 N–H and O–H groups in total. The predicted octanol–water partition coefficient (Wildman–Crippen LogP) is 6.65. The SMILES string of the molecule is CC(C)CCOc1ccc(C2C3=C(CC(C)(C)CC3=O)Nc3nc(SCc4ccccc4)nn32)cc1. The quantitative estimate of drug-likeness (QED) is 0.348. The third-order valence-corrected chi connectivity index (χ3v) is 7.59. The van der Waals surface area contributed by atoms with E-state index in [2.05, 4.69) is 57.3 Å². The lowest BCUT2D eigenvalue weighted by Gasteiger charge is -2.38. The van der Waals surface area contributed by atoms with Gasteiger partial charge >= 0.3 is 0 Å². The normalized spacial score (nSPS) is 18.6. The van der Waals surface area contributed by atoms with Crippen LogP contribution >= 0.6 is 11.8 Å². The number of Topliss-reactive ketones (excluding diaryl/α,β-unsaturated/α-hetero) is 1. The maximum absolute atomic E-state index is 13.4. The van der Waals surface area contributed by atoms with Crippen LogP contribution in [0.2, 0.25) is 0 Å². The predicted molar refractivity (Wildman–Crippen MR) is 144 cm³/mol. The lowest BCUT2D eigenvalue weighted by molar-refractivity contribution is -0.118. The number of carbonyl (C=O) groups is 1. The molecule has 1 aliphatic carbocycles. The Morgan fingerprint density at radius 3 is 2.58 bits per heavy atom. The minimum absolute atomic E-state index is 0.0886. The van der Waals surface area contributed by atoms with Gasteiger partial charge in [0.05, 0.1) is 6.61 Å². The summed E-state index contributed by atoms with van der Waals surface area (Å²) in [6.45, 7) is 9.38. The number of fused-ring (bicyclic) bond motifs is 1. The second-order valence-electron chi connectivity index (χ2n) is 10.9. The van der Waals surface area contributed by atoms with E-state index in [1.807, 2.05) is 35.0 Å². The van der Waals surface area contributed by atoms with Crippen molar-refractivity contribution in [3.8, 4) is 5.75 Å². The molecule has 0 radical (unpaired) electrons. The number of benzene rings is 2. The van der Waals surface area contributed by atoms with Crippen LogP contribution in [0, 0.1) is 11.3 Å². The fourth-order valence-corrected chi connectivity index (χ4v) is 5.62. The molecular formula is C29H34N4O2S. The maximum Gasteiger partial charge on any atom is 0.227 e. The molecule has 188 valence electrons.